The van der Waals surface area contributed by atoms with E-state index in [4.69, 9.17) is 9.97 Å². The number of hydrogen-bond donors (Lipinski definition) is 1. The SMILES string of the molecule is CC(C)c1cccc(C(C)C)c1-n1c(-c2cc(-c3ccccc3)ccc2O)nc2c(-c3cc(-c4cc(C(C)(C)C)ccn4)cc(C(C)(C)C)c3)cccc21. The fourth-order valence-electron chi connectivity index (χ4n) is 7.45. The summed E-state index contributed by atoms with van der Waals surface area (Å²) in [6, 6.07) is 40.6. The Hall–Kier alpha value is -5.48. The zero-order chi connectivity index (χ0) is 38.5. The Bertz CT molecular complexity index is 2450. The van der Waals surface area contributed by atoms with E-state index in [1.165, 1.54) is 22.3 Å². The molecule has 0 saturated heterocycles. The maximum atomic E-state index is 11.7. The molecule has 0 saturated carbocycles. The Morgan fingerprint density at radius 2 is 1.20 bits per heavy atom. The molecule has 0 radical (unpaired) electrons. The molecule has 4 nitrogen and oxygen atoms in total. The van der Waals surface area contributed by atoms with Crippen LogP contribution in [0.25, 0.3) is 61.6 Å². The average Bonchev–Trinajstić information content (AvgIpc) is 3.53. The van der Waals surface area contributed by atoms with Gasteiger partial charge in [0.15, 0.2) is 0 Å². The van der Waals surface area contributed by atoms with E-state index in [2.05, 4.69) is 159 Å². The number of para-hydroxylation sites is 2. The van der Waals surface area contributed by atoms with Crippen LogP contribution in [0.4, 0.5) is 0 Å². The lowest BCUT2D eigenvalue weighted by atomic mass is 9.83. The minimum Gasteiger partial charge on any atom is -0.507 e. The van der Waals surface area contributed by atoms with Crippen LogP contribution in [0.2, 0.25) is 0 Å². The van der Waals surface area contributed by atoms with E-state index >= 15 is 0 Å². The molecule has 7 rings (SSSR count). The molecule has 5 aromatic carbocycles. The Labute approximate surface area is 321 Å². The number of aromatic hydroxyl groups is 1. The summed E-state index contributed by atoms with van der Waals surface area (Å²) in [5.41, 5.74) is 14.9. The predicted octanol–water partition coefficient (Wildman–Crippen LogP) is 13.6. The monoisotopic (exact) mass is 711 g/mol. The number of phenolic OH excluding ortho intramolecular Hbond substituents is 1. The summed E-state index contributed by atoms with van der Waals surface area (Å²) >= 11 is 0. The van der Waals surface area contributed by atoms with E-state index in [0.29, 0.717) is 5.56 Å². The molecule has 0 aliphatic rings. The third kappa shape index (κ3) is 6.98. The quantitative estimate of drug-likeness (QED) is 0.179. The lowest BCUT2D eigenvalue weighted by molar-refractivity contribution is 0.477. The molecule has 0 fully saturated rings. The van der Waals surface area contributed by atoms with Crippen molar-refractivity contribution < 1.29 is 5.11 Å². The molecule has 2 heterocycles. The summed E-state index contributed by atoms with van der Waals surface area (Å²) in [6.07, 6.45) is 1.93. The molecule has 0 aliphatic heterocycles. The lowest BCUT2D eigenvalue weighted by Gasteiger charge is -2.23. The molecule has 0 bridgehead atoms. The zero-order valence-electron chi connectivity index (χ0n) is 33.5. The first-order valence-electron chi connectivity index (χ1n) is 19.3. The van der Waals surface area contributed by atoms with Crippen molar-refractivity contribution in [2.45, 2.75) is 91.9 Å². The normalized spacial score (nSPS) is 12.3. The first kappa shape index (κ1) is 36.9. The van der Waals surface area contributed by atoms with E-state index in [0.717, 1.165) is 56.1 Å². The second-order valence-corrected chi connectivity index (χ2v) is 17.4. The Morgan fingerprint density at radius 1 is 0.556 bits per heavy atom. The number of hydrogen-bond acceptors (Lipinski definition) is 3. The van der Waals surface area contributed by atoms with Gasteiger partial charge in [-0.2, -0.15) is 0 Å². The van der Waals surface area contributed by atoms with Crippen LogP contribution < -0.4 is 0 Å². The second kappa shape index (κ2) is 14.1. The van der Waals surface area contributed by atoms with Gasteiger partial charge in [0.2, 0.25) is 0 Å². The molecular weight excluding hydrogens is 659 g/mol. The van der Waals surface area contributed by atoms with E-state index < -0.39 is 0 Å². The topological polar surface area (TPSA) is 50.9 Å². The maximum Gasteiger partial charge on any atom is 0.149 e. The van der Waals surface area contributed by atoms with Crippen LogP contribution in [0.1, 0.15) is 103 Å². The van der Waals surface area contributed by atoms with Crippen LogP contribution in [-0.2, 0) is 10.8 Å². The Kier molecular flexibility index (Phi) is 9.60. The van der Waals surface area contributed by atoms with Gasteiger partial charge in [-0.15, -0.1) is 0 Å². The number of benzene rings is 5. The number of aromatic nitrogens is 3. The van der Waals surface area contributed by atoms with E-state index in [9.17, 15) is 5.11 Å². The molecule has 1 N–H and O–H groups in total. The molecular formula is C50H53N3O. The third-order valence-corrected chi connectivity index (χ3v) is 10.6. The molecule has 4 heteroatoms. The molecule has 274 valence electrons. The van der Waals surface area contributed by atoms with Crippen molar-refractivity contribution in [3.05, 3.63) is 144 Å². The fraction of sp³-hybridized carbons (Fsp3) is 0.280. The maximum absolute atomic E-state index is 11.7. The molecule has 2 aromatic heterocycles. The highest BCUT2D eigenvalue weighted by atomic mass is 16.3. The fourth-order valence-corrected chi connectivity index (χ4v) is 7.45. The van der Waals surface area contributed by atoms with Crippen molar-refractivity contribution in [2.24, 2.45) is 0 Å². The Morgan fingerprint density at radius 3 is 1.85 bits per heavy atom. The molecule has 0 unspecified atom stereocenters. The highest BCUT2D eigenvalue weighted by Gasteiger charge is 2.26. The van der Waals surface area contributed by atoms with Gasteiger partial charge in [-0.25, -0.2) is 4.98 Å². The van der Waals surface area contributed by atoms with Crippen LogP contribution in [0.15, 0.2) is 121 Å². The minimum absolute atomic E-state index is 0.00146. The first-order chi connectivity index (χ1) is 25.6. The van der Waals surface area contributed by atoms with Crippen molar-refractivity contribution in [2.75, 3.05) is 0 Å². The summed E-state index contributed by atoms with van der Waals surface area (Å²) in [5.74, 6) is 1.44. The van der Waals surface area contributed by atoms with Crippen LogP contribution in [-0.4, -0.2) is 19.6 Å². The second-order valence-electron chi connectivity index (χ2n) is 17.4. The number of rotatable bonds is 7. The van der Waals surface area contributed by atoms with Crippen molar-refractivity contribution >= 4 is 11.0 Å². The Balaban J connectivity index is 1.57. The number of imidazole rings is 1. The zero-order valence-corrected chi connectivity index (χ0v) is 33.5. The van der Waals surface area contributed by atoms with Gasteiger partial charge in [0.05, 0.1) is 28.0 Å². The van der Waals surface area contributed by atoms with Gasteiger partial charge in [-0.3, -0.25) is 9.55 Å². The van der Waals surface area contributed by atoms with E-state index in [1.54, 1.807) is 6.07 Å². The summed E-state index contributed by atoms with van der Waals surface area (Å²) < 4.78 is 2.32. The van der Waals surface area contributed by atoms with Gasteiger partial charge in [-0.1, -0.05) is 142 Å². The molecule has 0 aliphatic carbocycles. The van der Waals surface area contributed by atoms with E-state index in [1.807, 2.05) is 30.5 Å². The van der Waals surface area contributed by atoms with Crippen LogP contribution >= 0.6 is 0 Å². The van der Waals surface area contributed by atoms with Gasteiger partial charge in [0, 0.05) is 17.3 Å². The van der Waals surface area contributed by atoms with Crippen LogP contribution in [0.5, 0.6) is 5.75 Å². The number of nitrogens with zero attached hydrogens (tertiary/aromatic N) is 3. The largest absolute Gasteiger partial charge is 0.507 e. The third-order valence-electron chi connectivity index (χ3n) is 10.6. The lowest BCUT2D eigenvalue weighted by Crippen LogP contribution is -2.12. The van der Waals surface area contributed by atoms with Crippen molar-refractivity contribution in [1.82, 2.24) is 14.5 Å². The van der Waals surface area contributed by atoms with Crippen molar-refractivity contribution in [1.29, 1.82) is 0 Å². The number of phenols is 1. The van der Waals surface area contributed by atoms with Gasteiger partial charge in [0.1, 0.15) is 11.6 Å². The molecule has 0 spiro atoms. The standard InChI is InChI=1S/C50H53N3O/c1-31(2)39-18-14-19-40(32(3)4)47(39)53-44-21-15-20-41(46(44)52-48(53)42-29-34(22-23-45(42)54)33-16-12-11-13-17-33)35-26-36(28-38(27-35)50(8,9)10)43-30-37(24-25-51-43)49(5,6)7/h11-32,54H,1-10H3. The molecule has 0 amide bonds. The predicted molar refractivity (Wildman–Crippen MR) is 228 cm³/mol. The minimum atomic E-state index is -0.100. The van der Waals surface area contributed by atoms with Gasteiger partial charge < -0.3 is 5.11 Å². The van der Waals surface area contributed by atoms with Gasteiger partial charge in [0.25, 0.3) is 0 Å². The summed E-state index contributed by atoms with van der Waals surface area (Å²) in [7, 11) is 0. The average molecular weight is 712 g/mol. The number of fused-ring (bicyclic) bond motifs is 1. The molecule has 0 atom stereocenters. The summed E-state index contributed by atoms with van der Waals surface area (Å²) in [5, 5.41) is 11.7. The van der Waals surface area contributed by atoms with Gasteiger partial charge >= 0.3 is 0 Å². The number of pyridine rings is 1. The molecule has 54 heavy (non-hydrogen) atoms. The van der Waals surface area contributed by atoms with Crippen molar-refractivity contribution in [3.63, 3.8) is 0 Å². The van der Waals surface area contributed by atoms with Crippen LogP contribution in [0, 0.1) is 0 Å². The highest BCUT2D eigenvalue weighted by Crippen LogP contribution is 2.43. The smallest absolute Gasteiger partial charge is 0.149 e. The highest BCUT2D eigenvalue weighted by molar-refractivity contribution is 5.97. The van der Waals surface area contributed by atoms with Gasteiger partial charge in [-0.05, 0) is 104 Å². The summed E-state index contributed by atoms with van der Waals surface area (Å²) in [4.78, 5) is 10.4. The van der Waals surface area contributed by atoms with Crippen LogP contribution in [0.3, 0.4) is 0 Å². The van der Waals surface area contributed by atoms with Crippen molar-refractivity contribution in [3.8, 4) is 56.3 Å². The summed E-state index contributed by atoms with van der Waals surface area (Å²) in [6.45, 7) is 22.5. The molecule has 7 aromatic rings. The first-order valence-corrected chi connectivity index (χ1v) is 19.3. The van der Waals surface area contributed by atoms with E-state index in [-0.39, 0.29) is 28.4 Å².